The summed E-state index contributed by atoms with van der Waals surface area (Å²) in [4.78, 5) is 15.3. The van der Waals surface area contributed by atoms with Crippen molar-refractivity contribution in [2.24, 2.45) is 0 Å². The van der Waals surface area contributed by atoms with Gasteiger partial charge in [0.2, 0.25) is 0 Å². The van der Waals surface area contributed by atoms with Crippen LogP contribution in [0.3, 0.4) is 0 Å². The van der Waals surface area contributed by atoms with E-state index in [4.69, 9.17) is 16.7 Å². The number of aliphatic carboxylic acids is 1. The Kier molecular flexibility index (Phi) is 6.82. The van der Waals surface area contributed by atoms with Crippen molar-refractivity contribution in [3.05, 3.63) is 70.6 Å². The minimum Gasteiger partial charge on any atom is -0.481 e. The van der Waals surface area contributed by atoms with Crippen molar-refractivity contribution in [2.75, 3.05) is 0 Å². The zero-order chi connectivity index (χ0) is 21.8. The van der Waals surface area contributed by atoms with Crippen molar-refractivity contribution in [2.45, 2.75) is 32.0 Å². The molecule has 0 fully saturated rings. The maximum atomic E-state index is 13.5. The molecule has 0 aliphatic carbocycles. The Hall–Kier alpha value is -2.80. The number of aliphatic hydroxyl groups excluding tert-OH is 2. The first kappa shape index (κ1) is 21.9. The Balaban J connectivity index is 2.07. The molecular formula is C23H21ClFNO4. The molecule has 0 saturated carbocycles. The lowest BCUT2D eigenvalue weighted by molar-refractivity contribution is -0.139. The lowest BCUT2D eigenvalue weighted by Gasteiger charge is -2.15. The van der Waals surface area contributed by atoms with Crippen LogP contribution in [0.1, 0.15) is 24.1 Å². The van der Waals surface area contributed by atoms with Crippen molar-refractivity contribution < 1.29 is 24.5 Å². The molecule has 7 heteroatoms. The van der Waals surface area contributed by atoms with Gasteiger partial charge >= 0.3 is 5.97 Å². The Morgan fingerprint density at radius 3 is 2.57 bits per heavy atom. The van der Waals surface area contributed by atoms with Crippen LogP contribution in [0.15, 0.2) is 48.5 Å². The molecular weight excluding hydrogens is 409 g/mol. The first-order valence-electron chi connectivity index (χ1n) is 9.36. The van der Waals surface area contributed by atoms with E-state index in [1.807, 2.05) is 13.0 Å². The lowest BCUT2D eigenvalue weighted by Crippen LogP contribution is -2.19. The smallest absolute Gasteiger partial charge is 0.305 e. The number of carboxylic acid groups (broad SMARTS) is 1. The van der Waals surface area contributed by atoms with E-state index < -0.39 is 24.6 Å². The zero-order valence-corrected chi connectivity index (χ0v) is 17.0. The predicted octanol–water partition coefficient (Wildman–Crippen LogP) is 4.60. The predicted molar refractivity (Wildman–Crippen MR) is 115 cm³/mol. The van der Waals surface area contributed by atoms with E-state index in [0.717, 1.165) is 22.0 Å². The molecule has 1 heterocycles. The van der Waals surface area contributed by atoms with Crippen LogP contribution in [0.25, 0.3) is 28.1 Å². The van der Waals surface area contributed by atoms with E-state index in [-0.39, 0.29) is 12.2 Å². The summed E-state index contributed by atoms with van der Waals surface area (Å²) in [6, 6.07) is 11.4. The number of carbonyl (C=O) groups is 1. The molecule has 0 unspecified atom stereocenters. The minimum atomic E-state index is -1.16. The second-order valence-corrected chi connectivity index (χ2v) is 7.50. The van der Waals surface area contributed by atoms with Gasteiger partial charge in [-0.1, -0.05) is 35.9 Å². The number of rotatable bonds is 7. The van der Waals surface area contributed by atoms with Crippen LogP contribution in [0.4, 0.5) is 4.39 Å². The molecule has 156 valence electrons. The fraction of sp³-hybridized carbons (Fsp3) is 0.217. The van der Waals surface area contributed by atoms with E-state index in [1.54, 1.807) is 30.3 Å². The van der Waals surface area contributed by atoms with Gasteiger partial charge in [-0.05, 0) is 42.8 Å². The molecule has 3 rings (SSSR count). The van der Waals surface area contributed by atoms with Gasteiger partial charge in [0.25, 0.3) is 0 Å². The van der Waals surface area contributed by atoms with Crippen LogP contribution in [-0.4, -0.2) is 38.5 Å². The largest absolute Gasteiger partial charge is 0.481 e. The van der Waals surface area contributed by atoms with Crippen LogP contribution in [0, 0.1) is 12.7 Å². The van der Waals surface area contributed by atoms with E-state index >= 15 is 0 Å². The van der Waals surface area contributed by atoms with Gasteiger partial charge in [0.05, 0.1) is 24.1 Å². The maximum Gasteiger partial charge on any atom is 0.305 e. The molecule has 3 aromatic rings. The Morgan fingerprint density at radius 1 is 1.20 bits per heavy atom. The number of halogens is 2. The number of hydrogen-bond acceptors (Lipinski definition) is 4. The van der Waals surface area contributed by atoms with Crippen molar-refractivity contribution in [1.82, 2.24) is 4.98 Å². The second kappa shape index (κ2) is 9.34. The third-order valence-corrected chi connectivity index (χ3v) is 4.95. The van der Waals surface area contributed by atoms with Crippen molar-refractivity contribution in [3.63, 3.8) is 0 Å². The van der Waals surface area contributed by atoms with Gasteiger partial charge in [-0.15, -0.1) is 0 Å². The Morgan fingerprint density at radius 2 is 1.90 bits per heavy atom. The lowest BCUT2D eigenvalue weighted by atomic mass is 9.93. The molecule has 2 atom stereocenters. The average molecular weight is 430 g/mol. The maximum absolute atomic E-state index is 13.5. The summed E-state index contributed by atoms with van der Waals surface area (Å²) in [6.45, 7) is 1.83. The highest BCUT2D eigenvalue weighted by Gasteiger charge is 2.16. The Bertz CT molecular complexity index is 1100. The SMILES string of the molecule is Cc1nc2ccc(Cl)cc2c(-c2ccc(F)cc2)c1/C=C/[C@H](O)C[C@H](O)CC(=O)O. The number of hydrogen-bond donors (Lipinski definition) is 3. The first-order chi connectivity index (χ1) is 14.2. The summed E-state index contributed by atoms with van der Waals surface area (Å²) in [5.74, 6) is -1.49. The van der Waals surface area contributed by atoms with Gasteiger partial charge in [0.1, 0.15) is 5.82 Å². The molecule has 0 aliphatic rings. The molecule has 30 heavy (non-hydrogen) atoms. The molecule has 2 aromatic carbocycles. The van der Waals surface area contributed by atoms with Gasteiger partial charge in [0.15, 0.2) is 0 Å². The monoisotopic (exact) mass is 429 g/mol. The zero-order valence-electron chi connectivity index (χ0n) is 16.2. The van der Waals surface area contributed by atoms with Crippen molar-refractivity contribution in [1.29, 1.82) is 0 Å². The summed E-state index contributed by atoms with van der Waals surface area (Å²) in [5, 5.41) is 30.0. The highest BCUT2D eigenvalue weighted by Crippen LogP contribution is 2.35. The van der Waals surface area contributed by atoms with Gasteiger partial charge in [0, 0.05) is 33.7 Å². The minimum absolute atomic E-state index is 0.111. The molecule has 0 aliphatic heterocycles. The molecule has 0 amide bonds. The highest BCUT2D eigenvalue weighted by atomic mass is 35.5. The number of nitrogens with zero attached hydrogens (tertiary/aromatic N) is 1. The van der Waals surface area contributed by atoms with Crippen LogP contribution in [-0.2, 0) is 4.79 Å². The average Bonchev–Trinajstić information content (AvgIpc) is 2.66. The fourth-order valence-electron chi connectivity index (χ4n) is 3.35. The fourth-order valence-corrected chi connectivity index (χ4v) is 3.53. The van der Waals surface area contributed by atoms with Crippen LogP contribution in [0.2, 0.25) is 5.02 Å². The topological polar surface area (TPSA) is 90.7 Å². The normalized spacial score (nSPS) is 13.6. The van der Waals surface area contributed by atoms with Gasteiger partial charge in [-0.3, -0.25) is 9.78 Å². The van der Waals surface area contributed by atoms with Crippen molar-refractivity contribution >= 4 is 34.5 Å². The molecule has 1 aromatic heterocycles. The second-order valence-electron chi connectivity index (χ2n) is 7.07. The summed E-state index contributed by atoms with van der Waals surface area (Å²) in [5.41, 5.74) is 3.68. The highest BCUT2D eigenvalue weighted by molar-refractivity contribution is 6.31. The third kappa shape index (κ3) is 5.21. The van der Waals surface area contributed by atoms with Crippen LogP contribution >= 0.6 is 11.6 Å². The van der Waals surface area contributed by atoms with E-state index in [0.29, 0.717) is 16.3 Å². The number of fused-ring (bicyclic) bond motifs is 1. The molecule has 0 radical (unpaired) electrons. The summed E-state index contributed by atoms with van der Waals surface area (Å²) in [6.07, 6.45) is 0.405. The molecule has 5 nitrogen and oxygen atoms in total. The van der Waals surface area contributed by atoms with E-state index in [2.05, 4.69) is 4.98 Å². The van der Waals surface area contributed by atoms with E-state index in [1.165, 1.54) is 18.2 Å². The summed E-state index contributed by atoms with van der Waals surface area (Å²) in [7, 11) is 0. The number of pyridine rings is 1. The number of aryl methyl sites for hydroxylation is 1. The summed E-state index contributed by atoms with van der Waals surface area (Å²) >= 11 is 6.20. The number of aliphatic hydroxyl groups is 2. The van der Waals surface area contributed by atoms with Crippen LogP contribution in [0.5, 0.6) is 0 Å². The first-order valence-corrected chi connectivity index (χ1v) is 9.74. The third-order valence-electron chi connectivity index (χ3n) is 4.72. The van der Waals surface area contributed by atoms with Crippen LogP contribution < -0.4 is 0 Å². The van der Waals surface area contributed by atoms with Gasteiger partial charge in [-0.25, -0.2) is 4.39 Å². The van der Waals surface area contributed by atoms with Gasteiger partial charge < -0.3 is 15.3 Å². The standard InChI is InChI=1S/C23H21ClFNO4/c1-13-19(8-7-17(27)11-18(28)12-22(29)30)23(14-2-5-16(25)6-3-14)20-10-15(24)4-9-21(20)26-13/h2-10,17-18,27-28H,11-12H2,1H3,(H,29,30)/b8-7+/t17-,18-/m0/s1. The number of aromatic nitrogens is 1. The molecule has 0 bridgehead atoms. The van der Waals surface area contributed by atoms with Crippen molar-refractivity contribution in [3.8, 4) is 11.1 Å². The molecule has 0 spiro atoms. The quantitative estimate of drug-likeness (QED) is 0.510. The Labute approximate surface area is 178 Å². The summed E-state index contributed by atoms with van der Waals surface area (Å²) < 4.78 is 13.5. The molecule has 0 saturated heterocycles. The molecule has 3 N–H and O–H groups in total. The number of benzene rings is 2. The van der Waals surface area contributed by atoms with E-state index in [9.17, 15) is 19.4 Å². The van der Waals surface area contributed by atoms with Gasteiger partial charge in [-0.2, -0.15) is 0 Å². The number of carboxylic acids is 1.